The van der Waals surface area contributed by atoms with Gasteiger partial charge in [-0.25, -0.2) is 0 Å². The van der Waals surface area contributed by atoms with E-state index in [4.69, 9.17) is 23.2 Å². The number of benzene rings is 1. The molecule has 0 aliphatic heterocycles. The second-order valence-electron chi connectivity index (χ2n) is 3.11. The molecule has 0 heterocycles. The zero-order chi connectivity index (χ0) is 13.4. The standard InChI is InChI=1S/C9H4Cl2F6/c10-3-5-6(8(12,13)14)1-4(11)2-7(5)9(15,16)17/h1-2H,3H2. The highest BCUT2D eigenvalue weighted by Gasteiger charge is 2.40. The Kier molecular flexibility index (Phi) is 3.88. The minimum absolute atomic E-state index is 0.425. The molecule has 0 N–H and O–H groups in total. The second kappa shape index (κ2) is 4.57. The van der Waals surface area contributed by atoms with Gasteiger partial charge in [-0.05, 0) is 17.7 Å². The first kappa shape index (κ1) is 14.4. The van der Waals surface area contributed by atoms with Crippen molar-refractivity contribution in [3.63, 3.8) is 0 Å². The highest BCUT2D eigenvalue weighted by molar-refractivity contribution is 6.30. The summed E-state index contributed by atoms with van der Waals surface area (Å²) in [5.41, 5.74) is -3.95. The smallest absolute Gasteiger partial charge is 0.166 e. The van der Waals surface area contributed by atoms with E-state index in [0.29, 0.717) is 12.1 Å². The van der Waals surface area contributed by atoms with Crippen LogP contribution < -0.4 is 0 Å². The van der Waals surface area contributed by atoms with Crippen LogP contribution in [0.3, 0.4) is 0 Å². The fourth-order valence-corrected chi connectivity index (χ4v) is 1.79. The topological polar surface area (TPSA) is 0 Å². The van der Waals surface area contributed by atoms with E-state index in [1.807, 2.05) is 0 Å². The molecule has 8 heteroatoms. The number of rotatable bonds is 1. The Bertz CT molecular complexity index is 385. The molecule has 0 nitrogen and oxygen atoms in total. The molecule has 1 aromatic rings. The van der Waals surface area contributed by atoms with Gasteiger partial charge in [-0.1, -0.05) is 11.6 Å². The molecule has 0 fully saturated rings. The number of hydrogen-bond acceptors (Lipinski definition) is 0. The first-order valence-electron chi connectivity index (χ1n) is 4.10. The SMILES string of the molecule is FC(F)(F)c1cc(Cl)cc(C(F)(F)F)c1CCl. The Hall–Kier alpha value is -0.620. The van der Waals surface area contributed by atoms with E-state index in [1.54, 1.807) is 0 Å². The second-order valence-corrected chi connectivity index (χ2v) is 3.81. The van der Waals surface area contributed by atoms with Crippen molar-refractivity contribution in [3.8, 4) is 0 Å². The van der Waals surface area contributed by atoms with Gasteiger partial charge >= 0.3 is 12.4 Å². The molecule has 0 aliphatic rings. The van der Waals surface area contributed by atoms with Gasteiger partial charge < -0.3 is 0 Å². The zero-order valence-electron chi connectivity index (χ0n) is 7.89. The maximum absolute atomic E-state index is 12.5. The van der Waals surface area contributed by atoms with Crippen LogP contribution in [0.4, 0.5) is 26.3 Å². The van der Waals surface area contributed by atoms with E-state index in [2.05, 4.69) is 0 Å². The average Bonchev–Trinajstić information content (AvgIpc) is 2.13. The van der Waals surface area contributed by atoms with E-state index in [-0.39, 0.29) is 0 Å². The van der Waals surface area contributed by atoms with E-state index in [0.717, 1.165) is 0 Å². The van der Waals surface area contributed by atoms with E-state index in [1.165, 1.54) is 0 Å². The van der Waals surface area contributed by atoms with Crippen LogP contribution >= 0.6 is 23.2 Å². The van der Waals surface area contributed by atoms with E-state index in [9.17, 15) is 26.3 Å². The molecule has 0 saturated heterocycles. The van der Waals surface area contributed by atoms with Crippen molar-refractivity contribution in [3.05, 3.63) is 33.8 Å². The molecular formula is C9H4Cl2F6. The third kappa shape index (κ3) is 3.19. The molecule has 0 radical (unpaired) electrons. The molecule has 0 unspecified atom stereocenters. The molecular weight excluding hydrogens is 293 g/mol. The Morgan fingerprint density at radius 3 is 1.47 bits per heavy atom. The first-order chi connectivity index (χ1) is 7.57. The zero-order valence-corrected chi connectivity index (χ0v) is 9.40. The van der Waals surface area contributed by atoms with Crippen LogP contribution in [-0.2, 0) is 18.2 Å². The Labute approximate surface area is 102 Å². The predicted octanol–water partition coefficient (Wildman–Crippen LogP) is 5.12. The highest BCUT2D eigenvalue weighted by atomic mass is 35.5. The van der Waals surface area contributed by atoms with Gasteiger partial charge in [0.05, 0.1) is 11.1 Å². The third-order valence-corrected chi connectivity index (χ3v) is 2.44. The van der Waals surface area contributed by atoms with Crippen LogP contribution in [0.25, 0.3) is 0 Å². The van der Waals surface area contributed by atoms with Crippen LogP contribution in [0.2, 0.25) is 5.02 Å². The summed E-state index contributed by atoms with van der Waals surface area (Å²) >= 11 is 10.4. The predicted molar refractivity (Wildman–Crippen MR) is 51.0 cm³/mol. The minimum Gasteiger partial charge on any atom is -0.166 e. The molecule has 96 valence electrons. The quantitative estimate of drug-likeness (QED) is 0.499. The molecule has 0 aliphatic carbocycles. The molecule has 1 rings (SSSR count). The monoisotopic (exact) mass is 296 g/mol. The van der Waals surface area contributed by atoms with Gasteiger partial charge in [-0.15, -0.1) is 11.6 Å². The lowest BCUT2D eigenvalue weighted by molar-refractivity contribution is -0.144. The summed E-state index contributed by atoms with van der Waals surface area (Å²) in [6, 6.07) is 0.850. The summed E-state index contributed by atoms with van der Waals surface area (Å²) in [7, 11) is 0. The Morgan fingerprint density at radius 1 is 0.882 bits per heavy atom. The van der Waals surface area contributed by atoms with Crippen LogP contribution in [0, 0.1) is 0 Å². The molecule has 0 atom stereocenters. The van der Waals surface area contributed by atoms with E-state index >= 15 is 0 Å². The maximum atomic E-state index is 12.5. The minimum atomic E-state index is -4.94. The van der Waals surface area contributed by atoms with Crippen molar-refractivity contribution < 1.29 is 26.3 Å². The summed E-state index contributed by atoms with van der Waals surface area (Å²) < 4.78 is 75.0. The lowest BCUT2D eigenvalue weighted by Crippen LogP contribution is -2.15. The summed E-state index contributed by atoms with van der Waals surface area (Å²) in [4.78, 5) is 0. The molecule has 0 saturated carbocycles. The first-order valence-corrected chi connectivity index (χ1v) is 5.01. The van der Waals surface area contributed by atoms with Crippen LogP contribution in [-0.4, -0.2) is 0 Å². The summed E-state index contributed by atoms with van der Waals surface area (Å²) in [6.45, 7) is 0. The number of halogens is 8. The molecule has 0 bridgehead atoms. The lowest BCUT2D eigenvalue weighted by atomic mass is 10.0. The maximum Gasteiger partial charge on any atom is 0.416 e. The Balaban J connectivity index is 3.58. The normalized spacial score (nSPS) is 12.9. The van der Waals surface area contributed by atoms with Gasteiger partial charge in [0, 0.05) is 10.9 Å². The van der Waals surface area contributed by atoms with Crippen molar-refractivity contribution >= 4 is 23.2 Å². The van der Waals surface area contributed by atoms with Crippen LogP contribution in [0.15, 0.2) is 12.1 Å². The van der Waals surface area contributed by atoms with Crippen molar-refractivity contribution in [2.75, 3.05) is 0 Å². The van der Waals surface area contributed by atoms with E-state index < -0.39 is 39.9 Å². The van der Waals surface area contributed by atoms with Crippen molar-refractivity contribution in [1.82, 2.24) is 0 Å². The summed E-state index contributed by atoms with van der Waals surface area (Å²) in [5.74, 6) is -0.902. The van der Waals surface area contributed by atoms with Gasteiger partial charge in [0.25, 0.3) is 0 Å². The molecule has 0 amide bonds. The van der Waals surface area contributed by atoms with Crippen molar-refractivity contribution in [2.24, 2.45) is 0 Å². The summed E-state index contributed by atoms with van der Waals surface area (Å²) in [6.07, 6.45) is -9.87. The molecule has 0 aromatic heterocycles. The third-order valence-electron chi connectivity index (χ3n) is 1.96. The summed E-state index contributed by atoms with van der Waals surface area (Å²) in [5, 5.41) is -0.640. The molecule has 1 aromatic carbocycles. The molecule has 17 heavy (non-hydrogen) atoms. The van der Waals surface area contributed by atoms with Crippen molar-refractivity contribution in [2.45, 2.75) is 18.2 Å². The highest BCUT2D eigenvalue weighted by Crippen LogP contribution is 2.41. The fraction of sp³-hybridized carbons (Fsp3) is 0.333. The van der Waals surface area contributed by atoms with Gasteiger partial charge in [0.2, 0.25) is 0 Å². The largest absolute Gasteiger partial charge is 0.416 e. The van der Waals surface area contributed by atoms with Gasteiger partial charge in [0.1, 0.15) is 0 Å². The average molecular weight is 297 g/mol. The van der Waals surface area contributed by atoms with Crippen LogP contribution in [0.5, 0.6) is 0 Å². The lowest BCUT2D eigenvalue weighted by Gasteiger charge is -2.17. The van der Waals surface area contributed by atoms with Gasteiger partial charge in [-0.3, -0.25) is 0 Å². The van der Waals surface area contributed by atoms with Crippen molar-refractivity contribution in [1.29, 1.82) is 0 Å². The number of alkyl halides is 7. The van der Waals surface area contributed by atoms with Crippen LogP contribution in [0.1, 0.15) is 16.7 Å². The Morgan fingerprint density at radius 2 is 1.24 bits per heavy atom. The van der Waals surface area contributed by atoms with Gasteiger partial charge in [0.15, 0.2) is 0 Å². The number of hydrogen-bond donors (Lipinski definition) is 0. The fourth-order valence-electron chi connectivity index (χ4n) is 1.29. The van der Waals surface area contributed by atoms with Gasteiger partial charge in [-0.2, -0.15) is 26.3 Å². The molecule has 0 spiro atoms.